The average Bonchev–Trinajstić information content (AvgIpc) is 2.81. The van der Waals surface area contributed by atoms with Crippen LogP contribution in [0, 0.1) is 0 Å². The molecular weight excluding hydrogens is 214 g/mol. The summed E-state index contributed by atoms with van der Waals surface area (Å²) in [6.45, 7) is 4.86. The Kier molecular flexibility index (Phi) is 3.93. The number of aromatic nitrogens is 3. The molecular formula is C12H19N5. The molecule has 2 N–H and O–H groups in total. The fraction of sp³-hybridized carbons (Fsp3) is 0.500. The summed E-state index contributed by atoms with van der Waals surface area (Å²) in [5.41, 5.74) is 6.45. The zero-order valence-corrected chi connectivity index (χ0v) is 10.2. The van der Waals surface area contributed by atoms with Crippen LogP contribution in [0.1, 0.15) is 19.8 Å². The van der Waals surface area contributed by atoms with E-state index in [1.54, 1.807) is 10.7 Å². The van der Waals surface area contributed by atoms with Crippen molar-refractivity contribution in [2.24, 2.45) is 5.73 Å². The molecule has 0 saturated carbocycles. The lowest BCUT2D eigenvalue weighted by molar-refractivity contribution is 0.710. The van der Waals surface area contributed by atoms with Gasteiger partial charge in [0.05, 0.1) is 6.20 Å². The summed E-state index contributed by atoms with van der Waals surface area (Å²) in [6.07, 6.45) is 5.81. The van der Waals surface area contributed by atoms with E-state index in [9.17, 15) is 0 Å². The number of rotatable bonds is 6. The van der Waals surface area contributed by atoms with Crippen molar-refractivity contribution in [3.63, 3.8) is 0 Å². The first kappa shape index (κ1) is 11.9. The van der Waals surface area contributed by atoms with Crippen molar-refractivity contribution < 1.29 is 0 Å². The molecule has 0 radical (unpaired) electrons. The molecule has 0 spiro atoms. The Morgan fingerprint density at radius 2 is 2.24 bits per heavy atom. The molecule has 0 amide bonds. The molecule has 0 aliphatic carbocycles. The molecule has 0 saturated heterocycles. The van der Waals surface area contributed by atoms with Gasteiger partial charge in [-0.3, -0.25) is 0 Å². The predicted molar refractivity (Wildman–Crippen MR) is 69.2 cm³/mol. The van der Waals surface area contributed by atoms with Gasteiger partial charge in [0.15, 0.2) is 5.65 Å². The topological polar surface area (TPSA) is 59.5 Å². The van der Waals surface area contributed by atoms with Crippen LogP contribution < -0.4 is 10.6 Å². The molecule has 17 heavy (non-hydrogen) atoms. The van der Waals surface area contributed by atoms with Crippen molar-refractivity contribution >= 4 is 11.5 Å². The molecule has 2 aromatic rings. The van der Waals surface area contributed by atoms with E-state index in [1.165, 1.54) is 0 Å². The molecule has 5 nitrogen and oxygen atoms in total. The van der Waals surface area contributed by atoms with E-state index in [4.69, 9.17) is 5.73 Å². The molecule has 0 aliphatic rings. The maximum Gasteiger partial charge on any atom is 0.157 e. The van der Waals surface area contributed by atoms with Gasteiger partial charge >= 0.3 is 0 Å². The molecule has 0 aliphatic heterocycles. The standard InChI is InChI=1S/C12H19N5/c1-2-8-16(9-3-6-13)11-5-10-17-12(15-11)4-7-14-17/h4-5,7,10H,2-3,6,8-9,13H2,1H3. The second-order valence-corrected chi connectivity index (χ2v) is 4.05. The quantitative estimate of drug-likeness (QED) is 0.817. The number of hydrogen-bond acceptors (Lipinski definition) is 4. The van der Waals surface area contributed by atoms with Crippen LogP contribution in [0.3, 0.4) is 0 Å². The SMILES string of the molecule is CCCN(CCCN)c1ccn2nccc2n1. The molecule has 2 rings (SSSR count). The normalized spacial score (nSPS) is 10.9. The zero-order valence-electron chi connectivity index (χ0n) is 10.2. The first-order chi connectivity index (χ1) is 8.35. The van der Waals surface area contributed by atoms with Gasteiger partial charge in [-0.25, -0.2) is 9.50 Å². The van der Waals surface area contributed by atoms with Gasteiger partial charge < -0.3 is 10.6 Å². The van der Waals surface area contributed by atoms with Crippen molar-refractivity contribution in [1.29, 1.82) is 0 Å². The summed E-state index contributed by atoms with van der Waals surface area (Å²) in [4.78, 5) is 6.87. The van der Waals surface area contributed by atoms with Gasteiger partial charge in [-0.05, 0) is 25.5 Å². The summed E-state index contributed by atoms with van der Waals surface area (Å²) in [6, 6.07) is 3.92. The highest BCUT2D eigenvalue weighted by molar-refractivity contribution is 5.47. The fourth-order valence-electron chi connectivity index (χ4n) is 1.87. The number of hydrogen-bond donors (Lipinski definition) is 1. The molecule has 92 valence electrons. The van der Waals surface area contributed by atoms with Gasteiger partial charge in [0, 0.05) is 25.4 Å². The Balaban J connectivity index is 2.20. The van der Waals surface area contributed by atoms with Crippen molar-refractivity contribution in [1.82, 2.24) is 14.6 Å². The highest BCUT2D eigenvalue weighted by Crippen LogP contribution is 2.12. The minimum absolute atomic E-state index is 0.717. The summed E-state index contributed by atoms with van der Waals surface area (Å²) in [5.74, 6) is 1.01. The van der Waals surface area contributed by atoms with Gasteiger partial charge in [-0.1, -0.05) is 6.92 Å². The highest BCUT2D eigenvalue weighted by Gasteiger charge is 2.07. The van der Waals surface area contributed by atoms with Crippen LogP contribution in [0.4, 0.5) is 5.82 Å². The summed E-state index contributed by atoms with van der Waals surface area (Å²) in [7, 11) is 0. The average molecular weight is 233 g/mol. The second-order valence-electron chi connectivity index (χ2n) is 4.05. The zero-order chi connectivity index (χ0) is 12.1. The van der Waals surface area contributed by atoms with Gasteiger partial charge in [0.25, 0.3) is 0 Å². The Morgan fingerprint density at radius 3 is 3.00 bits per heavy atom. The molecule has 0 bridgehead atoms. The Bertz CT molecular complexity index is 465. The van der Waals surface area contributed by atoms with E-state index in [1.807, 2.05) is 18.3 Å². The van der Waals surface area contributed by atoms with Gasteiger partial charge in [-0.2, -0.15) is 5.10 Å². The first-order valence-electron chi connectivity index (χ1n) is 6.10. The van der Waals surface area contributed by atoms with Crippen LogP contribution in [-0.4, -0.2) is 34.2 Å². The van der Waals surface area contributed by atoms with Gasteiger partial charge in [0.2, 0.25) is 0 Å². The van der Waals surface area contributed by atoms with Gasteiger partial charge in [0.1, 0.15) is 5.82 Å². The maximum absolute atomic E-state index is 5.56. The maximum atomic E-state index is 5.56. The summed E-state index contributed by atoms with van der Waals surface area (Å²) >= 11 is 0. The lowest BCUT2D eigenvalue weighted by Crippen LogP contribution is -2.27. The minimum atomic E-state index is 0.717. The largest absolute Gasteiger partial charge is 0.356 e. The Morgan fingerprint density at radius 1 is 1.35 bits per heavy atom. The van der Waals surface area contributed by atoms with Gasteiger partial charge in [-0.15, -0.1) is 0 Å². The van der Waals surface area contributed by atoms with E-state index < -0.39 is 0 Å². The molecule has 5 heteroatoms. The fourth-order valence-corrected chi connectivity index (χ4v) is 1.87. The Hall–Kier alpha value is -1.62. The smallest absolute Gasteiger partial charge is 0.157 e. The molecule has 0 fully saturated rings. The predicted octanol–water partition coefficient (Wildman–Crippen LogP) is 1.29. The molecule has 2 heterocycles. The monoisotopic (exact) mass is 233 g/mol. The van der Waals surface area contributed by atoms with E-state index in [-0.39, 0.29) is 0 Å². The third-order valence-electron chi connectivity index (χ3n) is 2.69. The highest BCUT2D eigenvalue weighted by atomic mass is 15.3. The lowest BCUT2D eigenvalue weighted by atomic mass is 10.3. The van der Waals surface area contributed by atoms with E-state index >= 15 is 0 Å². The number of fused-ring (bicyclic) bond motifs is 1. The molecule has 0 atom stereocenters. The number of nitrogens with two attached hydrogens (primary N) is 1. The van der Waals surface area contributed by atoms with Crippen molar-refractivity contribution in [3.8, 4) is 0 Å². The summed E-state index contributed by atoms with van der Waals surface area (Å²) in [5, 5.41) is 4.14. The van der Waals surface area contributed by atoms with Crippen molar-refractivity contribution in [2.75, 3.05) is 24.5 Å². The number of anilines is 1. The van der Waals surface area contributed by atoms with Crippen LogP contribution in [0.25, 0.3) is 5.65 Å². The van der Waals surface area contributed by atoms with Crippen LogP contribution in [0.2, 0.25) is 0 Å². The number of nitrogens with zero attached hydrogens (tertiary/aromatic N) is 4. The van der Waals surface area contributed by atoms with Crippen molar-refractivity contribution in [3.05, 3.63) is 24.5 Å². The van der Waals surface area contributed by atoms with Crippen LogP contribution >= 0.6 is 0 Å². The van der Waals surface area contributed by atoms with Crippen LogP contribution in [0.15, 0.2) is 24.5 Å². The van der Waals surface area contributed by atoms with E-state index in [2.05, 4.69) is 21.9 Å². The van der Waals surface area contributed by atoms with E-state index in [0.29, 0.717) is 0 Å². The molecule has 0 aromatic carbocycles. The molecule has 0 unspecified atom stereocenters. The second kappa shape index (κ2) is 5.63. The van der Waals surface area contributed by atoms with E-state index in [0.717, 1.165) is 43.9 Å². The van der Waals surface area contributed by atoms with Crippen molar-refractivity contribution in [2.45, 2.75) is 19.8 Å². The third kappa shape index (κ3) is 2.74. The molecule has 2 aromatic heterocycles. The van der Waals surface area contributed by atoms with Crippen LogP contribution in [-0.2, 0) is 0 Å². The van der Waals surface area contributed by atoms with Crippen LogP contribution in [0.5, 0.6) is 0 Å². The lowest BCUT2D eigenvalue weighted by Gasteiger charge is -2.22. The first-order valence-corrected chi connectivity index (χ1v) is 6.10. The Labute approximate surface area is 101 Å². The third-order valence-corrected chi connectivity index (χ3v) is 2.69. The summed E-state index contributed by atoms with van der Waals surface area (Å²) < 4.78 is 1.77. The minimum Gasteiger partial charge on any atom is -0.356 e.